The van der Waals surface area contributed by atoms with Gasteiger partial charge in [-0.15, -0.1) is 0 Å². The molecule has 0 radical (unpaired) electrons. The number of hydrogen-bond acceptors (Lipinski definition) is 3. The lowest BCUT2D eigenvalue weighted by molar-refractivity contribution is 0.121. The maximum absolute atomic E-state index is 5.39. The Morgan fingerprint density at radius 3 is 2.94 bits per heavy atom. The van der Waals surface area contributed by atoms with Crippen LogP contribution < -0.4 is 10.2 Å². The van der Waals surface area contributed by atoms with Gasteiger partial charge in [0.05, 0.1) is 6.10 Å². The average molecular weight is 299 g/mol. The standard InChI is InChI=1S/C13H19BrN2O/c1-15-8-10-3-4-11(7-13(10)14)16-6-5-12(9-16)17-2/h3-4,7,12,15H,5-6,8-9H2,1-2H3. The highest BCUT2D eigenvalue weighted by Crippen LogP contribution is 2.27. The summed E-state index contributed by atoms with van der Waals surface area (Å²) in [6.07, 6.45) is 1.50. The zero-order valence-corrected chi connectivity index (χ0v) is 12.0. The molecule has 0 saturated carbocycles. The Morgan fingerprint density at radius 1 is 1.53 bits per heavy atom. The summed E-state index contributed by atoms with van der Waals surface area (Å²) in [6.45, 7) is 2.96. The summed E-state index contributed by atoms with van der Waals surface area (Å²) in [5.74, 6) is 0. The van der Waals surface area contributed by atoms with E-state index in [0.29, 0.717) is 6.10 Å². The van der Waals surface area contributed by atoms with Crippen LogP contribution in [-0.4, -0.2) is 33.4 Å². The van der Waals surface area contributed by atoms with E-state index >= 15 is 0 Å². The van der Waals surface area contributed by atoms with Crippen molar-refractivity contribution in [2.24, 2.45) is 0 Å². The Balaban J connectivity index is 2.09. The molecule has 1 atom stereocenters. The van der Waals surface area contributed by atoms with Crippen LogP contribution in [0.15, 0.2) is 22.7 Å². The van der Waals surface area contributed by atoms with E-state index in [1.165, 1.54) is 15.7 Å². The molecule has 1 heterocycles. The van der Waals surface area contributed by atoms with E-state index in [2.05, 4.69) is 44.3 Å². The lowest BCUT2D eigenvalue weighted by Gasteiger charge is -2.19. The molecule has 1 aliphatic heterocycles. The number of methoxy groups -OCH3 is 1. The molecular formula is C13H19BrN2O. The van der Waals surface area contributed by atoms with Crippen molar-refractivity contribution in [3.05, 3.63) is 28.2 Å². The third-order valence-electron chi connectivity index (χ3n) is 3.25. The first-order valence-electron chi connectivity index (χ1n) is 5.95. The minimum atomic E-state index is 0.380. The SMILES string of the molecule is CNCc1ccc(N2CCC(OC)C2)cc1Br. The van der Waals surface area contributed by atoms with Crippen LogP contribution in [0.3, 0.4) is 0 Å². The summed E-state index contributed by atoms with van der Waals surface area (Å²) < 4.78 is 6.56. The molecule has 94 valence electrons. The van der Waals surface area contributed by atoms with Crippen molar-refractivity contribution in [2.45, 2.75) is 19.1 Å². The van der Waals surface area contributed by atoms with Crippen molar-refractivity contribution in [3.63, 3.8) is 0 Å². The Kier molecular flexibility index (Phi) is 4.42. The molecule has 1 aromatic rings. The van der Waals surface area contributed by atoms with Crippen LogP contribution >= 0.6 is 15.9 Å². The van der Waals surface area contributed by atoms with Gasteiger partial charge in [0, 0.05) is 36.9 Å². The molecule has 4 heteroatoms. The van der Waals surface area contributed by atoms with E-state index in [0.717, 1.165) is 26.1 Å². The van der Waals surface area contributed by atoms with Crippen LogP contribution in [0.5, 0.6) is 0 Å². The van der Waals surface area contributed by atoms with Gasteiger partial charge in [-0.3, -0.25) is 0 Å². The molecule has 0 aliphatic carbocycles. The van der Waals surface area contributed by atoms with Gasteiger partial charge >= 0.3 is 0 Å². The number of nitrogens with zero attached hydrogens (tertiary/aromatic N) is 1. The average Bonchev–Trinajstić information content (AvgIpc) is 2.80. The topological polar surface area (TPSA) is 24.5 Å². The van der Waals surface area contributed by atoms with Gasteiger partial charge in [0.1, 0.15) is 0 Å². The number of hydrogen-bond donors (Lipinski definition) is 1. The second-order valence-corrected chi connectivity index (χ2v) is 5.25. The Hall–Kier alpha value is -0.580. The Labute approximate surface area is 111 Å². The van der Waals surface area contributed by atoms with Gasteiger partial charge in [-0.2, -0.15) is 0 Å². The van der Waals surface area contributed by atoms with Gasteiger partial charge in [0.15, 0.2) is 0 Å². The van der Waals surface area contributed by atoms with Gasteiger partial charge < -0.3 is 15.0 Å². The van der Waals surface area contributed by atoms with Crippen molar-refractivity contribution in [2.75, 3.05) is 32.1 Å². The lowest BCUT2D eigenvalue weighted by Crippen LogP contribution is -2.22. The molecule has 17 heavy (non-hydrogen) atoms. The molecule has 1 aliphatic rings. The number of nitrogens with one attached hydrogen (secondary N) is 1. The smallest absolute Gasteiger partial charge is 0.0762 e. The van der Waals surface area contributed by atoms with Gasteiger partial charge in [-0.1, -0.05) is 22.0 Å². The molecule has 0 bridgehead atoms. The summed E-state index contributed by atoms with van der Waals surface area (Å²) in [5.41, 5.74) is 2.56. The normalized spacial score (nSPS) is 19.9. The lowest BCUT2D eigenvalue weighted by atomic mass is 10.2. The second-order valence-electron chi connectivity index (χ2n) is 4.40. The van der Waals surface area contributed by atoms with Gasteiger partial charge in [0.2, 0.25) is 0 Å². The summed E-state index contributed by atoms with van der Waals surface area (Å²) in [6, 6.07) is 6.57. The predicted molar refractivity (Wildman–Crippen MR) is 74.5 cm³/mol. The van der Waals surface area contributed by atoms with Crippen LogP contribution in [0.4, 0.5) is 5.69 Å². The zero-order valence-electron chi connectivity index (χ0n) is 10.4. The minimum Gasteiger partial charge on any atom is -0.380 e. The van der Waals surface area contributed by atoms with Gasteiger partial charge in [0.25, 0.3) is 0 Å². The largest absolute Gasteiger partial charge is 0.380 e. The van der Waals surface area contributed by atoms with E-state index in [9.17, 15) is 0 Å². The highest BCUT2D eigenvalue weighted by Gasteiger charge is 2.22. The molecule has 1 saturated heterocycles. The fourth-order valence-electron chi connectivity index (χ4n) is 2.22. The molecular weight excluding hydrogens is 280 g/mol. The van der Waals surface area contributed by atoms with Crippen LogP contribution in [0, 0.1) is 0 Å². The Morgan fingerprint density at radius 2 is 2.35 bits per heavy atom. The number of halogens is 1. The van der Waals surface area contributed by atoms with Crippen molar-refractivity contribution < 1.29 is 4.74 Å². The van der Waals surface area contributed by atoms with Crippen LogP contribution in [-0.2, 0) is 11.3 Å². The van der Waals surface area contributed by atoms with Crippen LogP contribution in [0.1, 0.15) is 12.0 Å². The van der Waals surface area contributed by atoms with Crippen molar-refractivity contribution in [1.82, 2.24) is 5.32 Å². The zero-order chi connectivity index (χ0) is 12.3. The van der Waals surface area contributed by atoms with E-state index < -0.39 is 0 Å². The first-order valence-corrected chi connectivity index (χ1v) is 6.74. The first kappa shape index (κ1) is 12.9. The highest BCUT2D eigenvalue weighted by molar-refractivity contribution is 9.10. The fraction of sp³-hybridized carbons (Fsp3) is 0.538. The van der Waals surface area contributed by atoms with Gasteiger partial charge in [-0.05, 0) is 31.2 Å². The third-order valence-corrected chi connectivity index (χ3v) is 3.99. The molecule has 0 spiro atoms. The quantitative estimate of drug-likeness (QED) is 0.924. The molecule has 1 fully saturated rings. The molecule has 1 unspecified atom stereocenters. The number of benzene rings is 1. The van der Waals surface area contributed by atoms with E-state index in [1.54, 1.807) is 7.11 Å². The van der Waals surface area contributed by atoms with Gasteiger partial charge in [-0.25, -0.2) is 0 Å². The van der Waals surface area contributed by atoms with Crippen LogP contribution in [0.25, 0.3) is 0 Å². The molecule has 2 rings (SSSR count). The number of ether oxygens (including phenoxy) is 1. The minimum absolute atomic E-state index is 0.380. The van der Waals surface area contributed by atoms with Crippen molar-refractivity contribution >= 4 is 21.6 Å². The highest BCUT2D eigenvalue weighted by atomic mass is 79.9. The van der Waals surface area contributed by atoms with E-state index in [-0.39, 0.29) is 0 Å². The van der Waals surface area contributed by atoms with Crippen LogP contribution in [0.2, 0.25) is 0 Å². The maximum atomic E-state index is 5.39. The third kappa shape index (κ3) is 3.00. The summed E-state index contributed by atoms with van der Waals surface area (Å²) in [4.78, 5) is 2.38. The summed E-state index contributed by atoms with van der Waals surface area (Å²) in [7, 11) is 3.75. The fourth-order valence-corrected chi connectivity index (χ4v) is 2.73. The number of anilines is 1. The van der Waals surface area contributed by atoms with Crippen molar-refractivity contribution in [3.8, 4) is 0 Å². The maximum Gasteiger partial charge on any atom is 0.0762 e. The van der Waals surface area contributed by atoms with E-state index in [1.807, 2.05) is 7.05 Å². The number of rotatable bonds is 4. The summed E-state index contributed by atoms with van der Waals surface area (Å²) >= 11 is 3.63. The van der Waals surface area contributed by atoms with Crippen molar-refractivity contribution in [1.29, 1.82) is 0 Å². The Bertz CT molecular complexity index is 384. The molecule has 0 aromatic heterocycles. The predicted octanol–water partition coefficient (Wildman–Crippen LogP) is 2.39. The molecule has 1 aromatic carbocycles. The molecule has 1 N–H and O–H groups in total. The second kappa shape index (κ2) is 5.85. The molecule has 0 amide bonds. The van der Waals surface area contributed by atoms with E-state index in [4.69, 9.17) is 4.74 Å². The first-order chi connectivity index (χ1) is 8.24. The monoisotopic (exact) mass is 298 g/mol. The molecule has 3 nitrogen and oxygen atoms in total. The summed E-state index contributed by atoms with van der Waals surface area (Å²) in [5, 5.41) is 3.17.